The minimum atomic E-state index is 0.351. The highest BCUT2D eigenvalue weighted by atomic mass is 79.9. The van der Waals surface area contributed by atoms with E-state index in [0.717, 1.165) is 42.0 Å². The average Bonchev–Trinajstić information content (AvgIpc) is 2.98. The van der Waals surface area contributed by atoms with Crippen molar-refractivity contribution < 1.29 is 4.74 Å². The fourth-order valence-corrected chi connectivity index (χ4v) is 2.87. The quantitative estimate of drug-likeness (QED) is 0.945. The average molecular weight is 322 g/mol. The molecule has 1 unspecified atom stereocenters. The molecule has 19 heavy (non-hydrogen) atoms. The van der Waals surface area contributed by atoms with E-state index in [2.05, 4.69) is 33.2 Å². The predicted octanol–water partition coefficient (Wildman–Crippen LogP) is 2.78. The number of halogens is 1. The Kier molecular flexibility index (Phi) is 3.57. The number of rotatable bonds is 3. The summed E-state index contributed by atoms with van der Waals surface area (Å²) in [5.74, 6) is 0.351. The Bertz CT molecular complexity index is 576. The van der Waals surface area contributed by atoms with Crippen LogP contribution in [0.3, 0.4) is 0 Å². The molecule has 100 valence electrons. The van der Waals surface area contributed by atoms with Gasteiger partial charge in [-0.2, -0.15) is 5.10 Å². The maximum atomic E-state index is 6.06. The van der Waals surface area contributed by atoms with Crippen LogP contribution in [0.25, 0.3) is 0 Å². The van der Waals surface area contributed by atoms with Crippen molar-refractivity contribution in [2.75, 3.05) is 18.9 Å². The summed E-state index contributed by atoms with van der Waals surface area (Å²) in [5, 5.41) is 4.61. The van der Waals surface area contributed by atoms with Crippen LogP contribution in [-0.2, 0) is 11.3 Å². The number of nitrogens with two attached hydrogens (primary N) is 1. The summed E-state index contributed by atoms with van der Waals surface area (Å²) < 4.78 is 8.38. The monoisotopic (exact) mass is 321 g/mol. The van der Waals surface area contributed by atoms with E-state index >= 15 is 0 Å². The summed E-state index contributed by atoms with van der Waals surface area (Å²) in [7, 11) is 0. The molecule has 1 atom stereocenters. The number of hydrogen-bond acceptors (Lipinski definition) is 3. The van der Waals surface area contributed by atoms with Crippen LogP contribution in [0, 0.1) is 0 Å². The van der Waals surface area contributed by atoms with Crippen LogP contribution in [0.1, 0.15) is 23.6 Å². The van der Waals surface area contributed by atoms with E-state index in [1.165, 1.54) is 5.56 Å². The Morgan fingerprint density at radius 2 is 2.37 bits per heavy atom. The van der Waals surface area contributed by atoms with Crippen LogP contribution >= 0.6 is 15.9 Å². The summed E-state index contributed by atoms with van der Waals surface area (Å²) in [6.45, 7) is 2.28. The molecule has 5 heteroatoms. The van der Waals surface area contributed by atoms with E-state index in [9.17, 15) is 0 Å². The van der Waals surface area contributed by atoms with Crippen molar-refractivity contribution in [3.05, 3.63) is 46.2 Å². The van der Waals surface area contributed by atoms with E-state index in [1.807, 2.05) is 23.0 Å². The predicted molar refractivity (Wildman–Crippen MR) is 78.1 cm³/mol. The summed E-state index contributed by atoms with van der Waals surface area (Å²) in [6.07, 6.45) is 2.92. The Balaban J connectivity index is 1.80. The molecule has 0 amide bonds. The molecule has 4 nitrogen and oxygen atoms in total. The Morgan fingerprint density at radius 1 is 1.47 bits per heavy atom. The minimum absolute atomic E-state index is 0.351. The second-order valence-corrected chi connectivity index (χ2v) is 5.77. The second-order valence-electron chi connectivity index (χ2n) is 4.86. The van der Waals surface area contributed by atoms with Gasteiger partial charge in [-0.3, -0.25) is 4.68 Å². The Hall–Kier alpha value is -1.33. The first-order valence-electron chi connectivity index (χ1n) is 6.37. The van der Waals surface area contributed by atoms with Crippen LogP contribution in [0.5, 0.6) is 0 Å². The molecular weight excluding hydrogens is 306 g/mol. The van der Waals surface area contributed by atoms with Gasteiger partial charge in [0.25, 0.3) is 0 Å². The van der Waals surface area contributed by atoms with Crippen LogP contribution < -0.4 is 5.73 Å². The lowest BCUT2D eigenvalue weighted by molar-refractivity contribution is 0.193. The molecule has 1 aliphatic heterocycles. The molecule has 1 aliphatic rings. The van der Waals surface area contributed by atoms with Crippen molar-refractivity contribution in [1.82, 2.24) is 9.78 Å². The maximum absolute atomic E-state index is 6.06. The lowest BCUT2D eigenvalue weighted by Gasteiger charge is -2.05. The smallest absolute Gasteiger partial charge is 0.0908 e. The van der Waals surface area contributed by atoms with E-state index in [1.54, 1.807) is 0 Å². The van der Waals surface area contributed by atoms with E-state index in [0.29, 0.717) is 5.92 Å². The topological polar surface area (TPSA) is 53.1 Å². The number of benzene rings is 1. The molecule has 2 heterocycles. The summed E-state index contributed by atoms with van der Waals surface area (Å²) in [5.41, 5.74) is 9.00. The van der Waals surface area contributed by atoms with Crippen molar-refractivity contribution in [2.45, 2.75) is 18.9 Å². The number of nitrogen functional groups attached to an aromatic ring is 1. The Morgan fingerprint density at radius 3 is 3.11 bits per heavy atom. The SMILES string of the molecule is Nc1cn(Cc2cccc(Br)c2)nc1C1CCOC1. The lowest BCUT2D eigenvalue weighted by Crippen LogP contribution is -2.04. The highest BCUT2D eigenvalue weighted by molar-refractivity contribution is 9.10. The van der Waals surface area contributed by atoms with Crippen LogP contribution in [-0.4, -0.2) is 23.0 Å². The molecule has 2 N–H and O–H groups in total. The highest BCUT2D eigenvalue weighted by Crippen LogP contribution is 2.28. The largest absolute Gasteiger partial charge is 0.396 e. The number of ether oxygens (including phenoxy) is 1. The van der Waals surface area contributed by atoms with Gasteiger partial charge in [0.15, 0.2) is 0 Å². The van der Waals surface area contributed by atoms with Crippen LogP contribution in [0.4, 0.5) is 5.69 Å². The molecule has 0 radical (unpaired) electrons. The standard InChI is InChI=1S/C14H16BrN3O/c15-12-3-1-2-10(6-12)7-18-8-13(16)14(17-18)11-4-5-19-9-11/h1-3,6,8,11H,4-5,7,9,16H2. The maximum Gasteiger partial charge on any atom is 0.0908 e. The molecule has 0 saturated carbocycles. The molecule has 1 fully saturated rings. The van der Waals surface area contributed by atoms with Crippen molar-refractivity contribution >= 4 is 21.6 Å². The first kappa shape index (κ1) is 12.7. The van der Waals surface area contributed by atoms with Gasteiger partial charge in [-0.05, 0) is 24.1 Å². The van der Waals surface area contributed by atoms with Gasteiger partial charge in [0.1, 0.15) is 0 Å². The zero-order chi connectivity index (χ0) is 13.2. The fraction of sp³-hybridized carbons (Fsp3) is 0.357. The third-order valence-electron chi connectivity index (χ3n) is 3.37. The van der Waals surface area contributed by atoms with Crippen molar-refractivity contribution in [3.8, 4) is 0 Å². The third kappa shape index (κ3) is 2.82. The number of hydrogen-bond donors (Lipinski definition) is 1. The van der Waals surface area contributed by atoms with Gasteiger partial charge >= 0.3 is 0 Å². The van der Waals surface area contributed by atoms with E-state index in [4.69, 9.17) is 10.5 Å². The van der Waals surface area contributed by atoms with E-state index < -0.39 is 0 Å². The van der Waals surface area contributed by atoms with Gasteiger partial charge in [-0.1, -0.05) is 28.1 Å². The van der Waals surface area contributed by atoms with Gasteiger partial charge in [-0.15, -0.1) is 0 Å². The number of nitrogens with zero attached hydrogens (tertiary/aromatic N) is 2. The van der Waals surface area contributed by atoms with Crippen molar-refractivity contribution in [1.29, 1.82) is 0 Å². The molecule has 2 aromatic rings. The van der Waals surface area contributed by atoms with E-state index in [-0.39, 0.29) is 0 Å². The summed E-state index contributed by atoms with van der Waals surface area (Å²) >= 11 is 3.48. The Labute approximate surface area is 120 Å². The van der Waals surface area contributed by atoms with Crippen LogP contribution in [0.2, 0.25) is 0 Å². The number of aromatic nitrogens is 2. The third-order valence-corrected chi connectivity index (χ3v) is 3.86. The summed E-state index contributed by atoms with van der Waals surface area (Å²) in [4.78, 5) is 0. The van der Waals surface area contributed by atoms with Gasteiger partial charge in [0, 0.05) is 23.2 Å². The zero-order valence-corrected chi connectivity index (χ0v) is 12.1. The molecule has 1 aromatic heterocycles. The van der Waals surface area contributed by atoms with Gasteiger partial charge in [0.2, 0.25) is 0 Å². The second kappa shape index (κ2) is 5.35. The van der Waals surface area contributed by atoms with Gasteiger partial charge in [0.05, 0.1) is 24.5 Å². The van der Waals surface area contributed by atoms with Gasteiger partial charge in [-0.25, -0.2) is 0 Å². The molecule has 1 saturated heterocycles. The van der Waals surface area contributed by atoms with Gasteiger partial charge < -0.3 is 10.5 Å². The first-order chi connectivity index (χ1) is 9.22. The minimum Gasteiger partial charge on any atom is -0.396 e. The molecule has 0 aliphatic carbocycles. The normalized spacial score (nSPS) is 18.9. The highest BCUT2D eigenvalue weighted by Gasteiger charge is 2.23. The zero-order valence-electron chi connectivity index (χ0n) is 10.6. The molecule has 0 bridgehead atoms. The molecular formula is C14H16BrN3O. The number of anilines is 1. The fourth-order valence-electron chi connectivity index (χ4n) is 2.42. The molecule has 1 aromatic carbocycles. The van der Waals surface area contributed by atoms with Crippen molar-refractivity contribution in [2.24, 2.45) is 0 Å². The molecule has 0 spiro atoms. The molecule has 3 rings (SSSR count). The van der Waals surface area contributed by atoms with Crippen molar-refractivity contribution in [3.63, 3.8) is 0 Å². The van der Waals surface area contributed by atoms with Crippen LogP contribution in [0.15, 0.2) is 34.9 Å². The summed E-state index contributed by atoms with van der Waals surface area (Å²) in [6, 6.07) is 8.22. The lowest BCUT2D eigenvalue weighted by atomic mass is 10.0. The first-order valence-corrected chi connectivity index (χ1v) is 7.16.